The number of amides is 2. The lowest BCUT2D eigenvalue weighted by Gasteiger charge is -2.13. The van der Waals surface area contributed by atoms with Crippen molar-refractivity contribution in [2.45, 2.75) is 12.8 Å². The van der Waals surface area contributed by atoms with Crippen molar-refractivity contribution in [1.82, 2.24) is 5.06 Å². The molecule has 3 aromatic carbocycles. The van der Waals surface area contributed by atoms with Crippen LogP contribution in [0.15, 0.2) is 66.7 Å². The van der Waals surface area contributed by atoms with Crippen LogP contribution in [0.4, 0.5) is 0 Å². The Morgan fingerprint density at radius 3 is 2.15 bits per heavy atom. The van der Waals surface area contributed by atoms with Crippen molar-refractivity contribution in [3.8, 4) is 0 Å². The minimum atomic E-state index is -0.618. The third kappa shape index (κ3) is 2.73. The van der Waals surface area contributed by atoms with Gasteiger partial charge in [0.05, 0.1) is 17.5 Å². The van der Waals surface area contributed by atoms with Gasteiger partial charge >= 0.3 is 5.97 Å². The third-order valence-corrected chi connectivity index (χ3v) is 4.43. The summed E-state index contributed by atoms with van der Waals surface area (Å²) in [5.74, 6) is -1.83. The molecule has 1 aliphatic rings. The maximum absolute atomic E-state index is 12.2. The van der Waals surface area contributed by atoms with Crippen LogP contribution in [0.2, 0.25) is 0 Å². The molecule has 5 heteroatoms. The Morgan fingerprint density at radius 1 is 0.808 bits per heavy atom. The highest BCUT2D eigenvalue weighted by atomic mass is 16.7. The average molecular weight is 345 g/mol. The largest absolute Gasteiger partial charge is 0.333 e. The fourth-order valence-electron chi connectivity index (χ4n) is 3.14. The first-order valence-corrected chi connectivity index (χ1v) is 8.30. The lowest BCUT2D eigenvalue weighted by atomic mass is 10.0. The van der Waals surface area contributed by atoms with Crippen molar-refractivity contribution in [2.24, 2.45) is 0 Å². The van der Waals surface area contributed by atoms with Crippen LogP contribution in [0.1, 0.15) is 32.7 Å². The molecule has 0 N–H and O–H groups in total. The molecule has 4 rings (SSSR count). The number of fused-ring (bicyclic) bond motifs is 2. The topological polar surface area (TPSA) is 63.7 Å². The van der Waals surface area contributed by atoms with Gasteiger partial charge in [0.25, 0.3) is 11.8 Å². The molecule has 0 radical (unpaired) electrons. The standard InChI is InChI=1S/C21H15NO4/c23-19(13-12-15-8-5-7-14-6-1-2-9-16(14)15)26-22-20(24)17-10-3-4-11-18(17)21(22)25/h1-11H,12-13H2. The van der Waals surface area contributed by atoms with Crippen LogP contribution >= 0.6 is 0 Å². The lowest BCUT2D eigenvalue weighted by molar-refractivity contribution is -0.168. The molecule has 0 bridgehead atoms. The number of hydroxylamine groups is 2. The summed E-state index contributed by atoms with van der Waals surface area (Å²) in [6, 6.07) is 20.2. The van der Waals surface area contributed by atoms with Gasteiger partial charge in [-0.15, -0.1) is 0 Å². The van der Waals surface area contributed by atoms with E-state index in [0.29, 0.717) is 11.5 Å². The fourth-order valence-corrected chi connectivity index (χ4v) is 3.14. The second-order valence-corrected chi connectivity index (χ2v) is 6.05. The number of carbonyl (C=O) groups is 3. The summed E-state index contributed by atoms with van der Waals surface area (Å²) in [7, 11) is 0. The summed E-state index contributed by atoms with van der Waals surface area (Å²) in [6.45, 7) is 0. The van der Waals surface area contributed by atoms with Gasteiger partial charge in [-0.2, -0.15) is 0 Å². The zero-order chi connectivity index (χ0) is 18.1. The van der Waals surface area contributed by atoms with E-state index in [2.05, 4.69) is 0 Å². The number of aryl methyl sites for hydroxylation is 1. The zero-order valence-electron chi connectivity index (χ0n) is 13.8. The number of hydrogen-bond donors (Lipinski definition) is 0. The predicted molar refractivity (Wildman–Crippen MR) is 95.3 cm³/mol. The second-order valence-electron chi connectivity index (χ2n) is 6.05. The number of carbonyl (C=O) groups excluding carboxylic acids is 3. The van der Waals surface area contributed by atoms with Crippen LogP contribution in [0, 0.1) is 0 Å². The Labute approximate surface area is 149 Å². The lowest BCUT2D eigenvalue weighted by Crippen LogP contribution is -2.32. The van der Waals surface area contributed by atoms with E-state index in [1.165, 1.54) is 0 Å². The first-order valence-electron chi connectivity index (χ1n) is 8.30. The van der Waals surface area contributed by atoms with Gasteiger partial charge in [0.2, 0.25) is 0 Å². The SMILES string of the molecule is O=C(CCc1cccc2ccccc12)ON1C(=O)c2ccccc2C1=O. The second kappa shape index (κ2) is 6.44. The molecule has 1 heterocycles. The van der Waals surface area contributed by atoms with Crippen molar-refractivity contribution < 1.29 is 19.2 Å². The van der Waals surface area contributed by atoms with Gasteiger partial charge in [0.1, 0.15) is 0 Å². The van der Waals surface area contributed by atoms with Crippen LogP contribution in [0.25, 0.3) is 10.8 Å². The molecule has 0 spiro atoms. The number of hydrogen-bond acceptors (Lipinski definition) is 4. The molecule has 0 aromatic heterocycles. The van der Waals surface area contributed by atoms with Gasteiger partial charge in [0.15, 0.2) is 0 Å². The molecular formula is C21H15NO4. The van der Waals surface area contributed by atoms with Crippen molar-refractivity contribution in [2.75, 3.05) is 0 Å². The highest BCUT2D eigenvalue weighted by Crippen LogP contribution is 2.24. The van der Waals surface area contributed by atoms with Crippen LogP contribution in [-0.2, 0) is 16.1 Å². The summed E-state index contributed by atoms with van der Waals surface area (Å²) < 4.78 is 0. The van der Waals surface area contributed by atoms with Gasteiger partial charge in [-0.25, -0.2) is 4.79 Å². The molecule has 0 fully saturated rings. The monoisotopic (exact) mass is 345 g/mol. The normalized spacial score (nSPS) is 13.2. The predicted octanol–water partition coefficient (Wildman–Crippen LogP) is 3.53. The highest BCUT2D eigenvalue weighted by Gasteiger charge is 2.38. The zero-order valence-corrected chi connectivity index (χ0v) is 13.8. The number of nitrogens with zero attached hydrogens (tertiary/aromatic N) is 1. The van der Waals surface area contributed by atoms with Gasteiger partial charge in [-0.05, 0) is 34.9 Å². The smallest absolute Gasteiger partial charge is 0.330 e. The summed E-state index contributed by atoms with van der Waals surface area (Å²) >= 11 is 0. The van der Waals surface area contributed by atoms with E-state index in [1.54, 1.807) is 24.3 Å². The number of benzene rings is 3. The Balaban J connectivity index is 1.45. The number of imide groups is 1. The molecular weight excluding hydrogens is 330 g/mol. The summed E-state index contributed by atoms with van der Waals surface area (Å²) in [6.07, 6.45) is 0.533. The Kier molecular flexibility index (Phi) is 3.97. The van der Waals surface area contributed by atoms with Gasteiger partial charge < -0.3 is 4.84 Å². The van der Waals surface area contributed by atoms with Gasteiger partial charge in [-0.1, -0.05) is 59.7 Å². The van der Waals surface area contributed by atoms with Crippen LogP contribution < -0.4 is 0 Å². The minimum absolute atomic E-state index is 0.0708. The van der Waals surface area contributed by atoms with Crippen LogP contribution in [0.3, 0.4) is 0 Å². The molecule has 26 heavy (non-hydrogen) atoms. The molecule has 0 saturated carbocycles. The van der Waals surface area contributed by atoms with Crippen LogP contribution in [0.5, 0.6) is 0 Å². The Morgan fingerprint density at radius 2 is 1.42 bits per heavy atom. The molecule has 2 amide bonds. The van der Waals surface area contributed by atoms with E-state index >= 15 is 0 Å². The highest BCUT2D eigenvalue weighted by molar-refractivity contribution is 6.20. The van der Waals surface area contributed by atoms with Gasteiger partial charge in [0, 0.05) is 0 Å². The molecule has 0 aliphatic carbocycles. The Hall–Kier alpha value is -3.47. The van der Waals surface area contributed by atoms with E-state index in [9.17, 15) is 14.4 Å². The summed E-state index contributed by atoms with van der Waals surface area (Å²) in [5.41, 5.74) is 1.51. The molecule has 128 valence electrons. The maximum atomic E-state index is 12.2. The average Bonchev–Trinajstić information content (AvgIpc) is 2.91. The van der Waals surface area contributed by atoms with E-state index in [4.69, 9.17) is 4.84 Å². The summed E-state index contributed by atoms with van der Waals surface area (Å²) in [4.78, 5) is 41.7. The van der Waals surface area contributed by atoms with E-state index in [1.807, 2.05) is 42.5 Å². The van der Waals surface area contributed by atoms with Crippen molar-refractivity contribution in [1.29, 1.82) is 0 Å². The van der Waals surface area contributed by atoms with E-state index < -0.39 is 17.8 Å². The van der Waals surface area contributed by atoms with Crippen molar-refractivity contribution >= 4 is 28.6 Å². The quantitative estimate of drug-likeness (QED) is 0.679. The van der Waals surface area contributed by atoms with Gasteiger partial charge in [-0.3, -0.25) is 9.59 Å². The Bertz CT molecular complexity index is 1000. The molecule has 0 atom stereocenters. The molecule has 1 aliphatic heterocycles. The van der Waals surface area contributed by atoms with E-state index in [-0.39, 0.29) is 17.5 Å². The maximum Gasteiger partial charge on any atom is 0.333 e. The van der Waals surface area contributed by atoms with Crippen LogP contribution in [-0.4, -0.2) is 22.8 Å². The fraction of sp³-hybridized carbons (Fsp3) is 0.0952. The molecule has 0 unspecified atom stereocenters. The first kappa shape index (κ1) is 16.0. The molecule has 0 saturated heterocycles. The summed E-state index contributed by atoms with van der Waals surface area (Å²) in [5, 5.41) is 2.72. The number of rotatable bonds is 4. The van der Waals surface area contributed by atoms with Crippen molar-refractivity contribution in [3.63, 3.8) is 0 Å². The van der Waals surface area contributed by atoms with E-state index in [0.717, 1.165) is 16.3 Å². The first-order chi connectivity index (χ1) is 12.6. The molecule has 3 aromatic rings. The van der Waals surface area contributed by atoms with Crippen molar-refractivity contribution in [3.05, 3.63) is 83.4 Å². The third-order valence-electron chi connectivity index (χ3n) is 4.43. The minimum Gasteiger partial charge on any atom is -0.330 e. The molecule has 5 nitrogen and oxygen atoms in total.